The third-order valence-electron chi connectivity index (χ3n) is 2.80. The summed E-state index contributed by atoms with van der Waals surface area (Å²) in [6, 6.07) is 7.06. The quantitative estimate of drug-likeness (QED) is 0.808. The molecule has 0 aliphatic rings. The van der Waals surface area contributed by atoms with Gasteiger partial charge in [-0.05, 0) is 33.0 Å². The van der Waals surface area contributed by atoms with Gasteiger partial charge in [0.25, 0.3) is 0 Å². The number of amides is 2. The fourth-order valence-corrected chi connectivity index (χ4v) is 1.42. The van der Waals surface area contributed by atoms with Crippen LogP contribution in [-0.4, -0.2) is 36.3 Å². The largest absolute Gasteiger partial charge is 0.368 e. The number of carbonyl (C=O) groups is 2. The molecule has 5 heteroatoms. The molecule has 0 spiro atoms. The Morgan fingerprint density at radius 3 is 2.39 bits per heavy atom. The van der Waals surface area contributed by atoms with Crippen LogP contribution in [0.15, 0.2) is 24.3 Å². The second-order valence-electron chi connectivity index (χ2n) is 4.41. The van der Waals surface area contributed by atoms with Gasteiger partial charge in [0.15, 0.2) is 0 Å². The van der Waals surface area contributed by atoms with E-state index in [-0.39, 0.29) is 12.5 Å². The SMILES string of the molecule is Cc1ccc(NC(=O)CN(C)[C@@H](C)C(N)=O)cc1. The molecule has 0 aromatic heterocycles. The third kappa shape index (κ3) is 4.18. The van der Waals surface area contributed by atoms with Crippen molar-refractivity contribution in [2.24, 2.45) is 5.73 Å². The summed E-state index contributed by atoms with van der Waals surface area (Å²) in [4.78, 5) is 24.3. The van der Waals surface area contributed by atoms with E-state index in [1.807, 2.05) is 31.2 Å². The zero-order valence-electron chi connectivity index (χ0n) is 10.9. The summed E-state index contributed by atoms with van der Waals surface area (Å²) in [6.45, 7) is 3.77. The summed E-state index contributed by atoms with van der Waals surface area (Å²) in [5, 5.41) is 2.76. The minimum Gasteiger partial charge on any atom is -0.368 e. The normalized spacial score (nSPS) is 12.2. The van der Waals surface area contributed by atoms with Gasteiger partial charge in [0.2, 0.25) is 11.8 Å². The van der Waals surface area contributed by atoms with Gasteiger partial charge in [-0.15, -0.1) is 0 Å². The van der Waals surface area contributed by atoms with Gasteiger partial charge in [0.05, 0.1) is 12.6 Å². The van der Waals surface area contributed by atoms with Crippen LogP contribution in [0.25, 0.3) is 0 Å². The predicted octanol–water partition coefficient (Wildman–Crippen LogP) is 0.739. The van der Waals surface area contributed by atoms with Gasteiger partial charge in [0, 0.05) is 5.69 Å². The van der Waals surface area contributed by atoms with Crippen molar-refractivity contribution in [3.63, 3.8) is 0 Å². The van der Waals surface area contributed by atoms with Crippen molar-refractivity contribution in [3.05, 3.63) is 29.8 Å². The standard InChI is InChI=1S/C13H19N3O2/c1-9-4-6-11(7-5-9)15-12(17)8-16(3)10(2)13(14)18/h4-7,10H,8H2,1-3H3,(H2,14,18)(H,15,17)/t10-/m0/s1. The first-order valence-electron chi connectivity index (χ1n) is 5.76. The molecule has 2 amide bonds. The second kappa shape index (κ2) is 6.16. The van der Waals surface area contributed by atoms with Crippen molar-refractivity contribution in [1.82, 2.24) is 4.90 Å². The number of rotatable bonds is 5. The minimum atomic E-state index is -0.464. The number of primary amides is 1. The van der Waals surface area contributed by atoms with Gasteiger partial charge in [-0.3, -0.25) is 14.5 Å². The highest BCUT2D eigenvalue weighted by atomic mass is 16.2. The highest BCUT2D eigenvalue weighted by Gasteiger charge is 2.17. The number of benzene rings is 1. The van der Waals surface area contributed by atoms with Crippen molar-refractivity contribution in [3.8, 4) is 0 Å². The number of hydrogen-bond donors (Lipinski definition) is 2. The Morgan fingerprint density at radius 1 is 1.33 bits per heavy atom. The molecule has 3 N–H and O–H groups in total. The number of aryl methyl sites for hydroxylation is 1. The zero-order chi connectivity index (χ0) is 13.7. The molecule has 1 atom stereocenters. The van der Waals surface area contributed by atoms with E-state index >= 15 is 0 Å². The zero-order valence-corrected chi connectivity index (χ0v) is 10.9. The van der Waals surface area contributed by atoms with Gasteiger partial charge in [-0.25, -0.2) is 0 Å². The Bertz CT molecular complexity index is 428. The van der Waals surface area contributed by atoms with Crippen molar-refractivity contribution in [2.45, 2.75) is 19.9 Å². The molecule has 98 valence electrons. The molecule has 18 heavy (non-hydrogen) atoms. The number of nitrogens with one attached hydrogen (secondary N) is 1. The molecule has 0 aliphatic carbocycles. The topological polar surface area (TPSA) is 75.4 Å². The molecule has 0 saturated heterocycles. The summed E-state index contributed by atoms with van der Waals surface area (Å²) in [5.41, 5.74) is 7.04. The average molecular weight is 249 g/mol. The van der Waals surface area contributed by atoms with Crippen LogP contribution in [0.4, 0.5) is 5.69 Å². The first-order valence-corrected chi connectivity index (χ1v) is 5.76. The molecule has 5 nitrogen and oxygen atoms in total. The third-order valence-corrected chi connectivity index (χ3v) is 2.80. The Balaban J connectivity index is 2.51. The number of carbonyl (C=O) groups excluding carboxylic acids is 2. The van der Waals surface area contributed by atoms with Crippen LogP contribution in [0.3, 0.4) is 0 Å². The van der Waals surface area contributed by atoms with Crippen LogP contribution in [-0.2, 0) is 9.59 Å². The van der Waals surface area contributed by atoms with Gasteiger partial charge < -0.3 is 11.1 Å². The minimum absolute atomic E-state index is 0.123. The lowest BCUT2D eigenvalue weighted by atomic mass is 10.2. The van der Waals surface area contributed by atoms with E-state index in [4.69, 9.17) is 5.73 Å². The van der Waals surface area contributed by atoms with Gasteiger partial charge in [-0.1, -0.05) is 17.7 Å². The molecule has 0 aliphatic heterocycles. The molecular weight excluding hydrogens is 230 g/mol. The summed E-state index contributed by atoms with van der Waals surface area (Å²) in [5.74, 6) is -0.616. The van der Waals surface area contributed by atoms with Crippen LogP contribution in [0, 0.1) is 6.92 Å². The monoisotopic (exact) mass is 249 g/mol. The van der Waals surface area contributed by atoms with Gasteiger partial charge in [-0.2, -0.15) is 0 Å². The highest BCUT2D eigenvalue weighted by Crippen LogP contribution is 2.08. The van der Waals surface area contributed by atoms with E-state index in [1.54, 1.807) is 18.9 Å². The summed E-state index contributed by atoms with van der Waals surface area (Å²) < 4.78 is 0. The first kappa shape index (κ1) is 14.2. The van der Waals surface area contributed by atoms with Crippen molar-refractivity contribution in [1.29, 1.82) is 0 Å². The van der Waals surface area contributed by atoms with Crippen LogP contribution in [0.5, 0.6) is 0 Å². The van der Waals surface area contributed by atoms with E-state index in [2.05, 4.69) is 5.32 Å². The average Bonchev–Trinajstić information content (AvgIpc) is 2.30. The number of hydrogen-bond acceptors (Lipinski definition) is 3. The van der Waals surface area contributed by atoms with E-state index in [1.165, 1.54) is 0 Å². The molecular formula is C13H19N3O2. The smallest absolute Gasteiger partial charge is 0.238 e. The highest BCUT2D eigenvalue weighted by molar-refractivity contribution is 5.92. The van der Waals surface area contributed by atoms with Gasteiger partial charge >= 0.3 is 0 Å². The molecule has 1 aromatic carbocycles. The Kier molecular flexibility index (Phi) is 4.85. The van der Waals surface area contributed by atoms with E-state index < -0.39 is 11.9 Å². The van der Waals surface area contributed by atoms with Gasteiger partial charge in [0.1, 0.15) is 0 Å². The van der Waals surface area contributed by atoms with Crippen LogP contribution in [0.1, 0.15) is 12.5 Å². The molecule has 0 radical (unpaired) electrons. The second-order valence-corrected chi connectivity index (χ2v) is 4.41. The van der Waals surface area contributed by atoms with Crippen molar-refractivity contribution in [2.75, 3.05) is 18.9 Å². The lowest BCUT2D eigenvalue weighted by Crippen LogP contribution is -2.43. The van der Waals surface area contributed by atoms with E-state index in [0.717, 1.165) is 11.3 Å². The van der Waals surface area contributed by atoms with Crippen LogP contribution < -0.4 is 11.1 Å². The molecule has 0 saturated carbocycles. The maximum Gasteiger partial charge on any atom is 0.238 e. The van der Waals surface area contributed by atoms with Crippen molar-refractivity contribution < 1.29 is 9.59 Å². The molecule has 0 fully saturated rings. The fourth-order valence-electron chi connectivity index (χ4n) is 1.42. The summed E-state index contributed by atoms with van der Waals surface area (Å²) in [6.07, 6.45) is 0. The molecule has 0 heterocycles. The van der Waals surface area contributed by atoms with Crippen molar-refractivity contribution >= 4 is 17.5 Å². The number of likely N-dealkylation sites (N-methyl/N-ethyl adjacent to an activating group) is 1. The Hall–Kier alpha value is -1.88. The summed E-state index contributed by atoms with van der Waals surface area (Å²) >= 11 is 0. The van der Waals surface area contributed by atoms with E-state index in [9.17, 15) is 9.59 Å². The molecule has 0 unspecified atom stereocenters. The molecule has 0 bridgehead atoms. The van der Waals surface area contributed by atoms with E-state index in [0.29, 0.717) is 0 Å². The maximum absolute atomic E-state index is 11.7. The lowest BCUT2D eigenvalue weighted by Gasteiger charge is -2.21. The fraction of sp³-hybridized carbons (Fsp3) is 0.385. The number of nitrogens with two attached hydrogens (primary N) is 1. The lowest BCUT2D eigenvalue weighted by molar-refractivity contribution is -0.123. The summed E-state index contributed by atoms with van der Waals surface area (Å²) in [7, 11) is 1.68. The Morgan fingerprint density at radius 2 is 1.89 bits per heavy atom. The Labute approximate surface area is 107 Å². The number of nitrogens with zero attached hydrogens (tertiary/aromatic N) is 1. The first-order chi connectivity index (χ1) is 8.40. The maximum atomic E-state index is 11.7. The number of anilines is 1. The van der Waals surface area contributed by atoms with Crippen LogP contribution in [0.2, 0.25) is 0 Å². The van der Waals surface area contributed by atoms with Crippen LogP contribution >= 0.6 is 0 Å². The molecule has 1 aromatic rings. The molecule has 1 rings (SSSR count). The predicted molar refractivity (Wildman–Crippen MR) is 71.1 cm³/mol.